The molecular weight excluding hydrogens is 570 g/mol. The second-order valence-electron chi connectivity index (χ2n) is 13.0. The molecule has 4 aliphatic heterocycles. The SMILES string of the molecule is CN1CCC(N2CCN(C(=O)[C@@H](Cc3ccc(N)cc3)OC(=O)N3CCC(N4CCc5ccccc5NC4=O)CC3)CC2)CC1. The van der Waals surface area contributed by atoms with Crippen LogP contribution < -0.4 is 11.1 Å². The average Bonchev–Trinajstić information content (AvgIpc) is 3.23. The third-order valence-electron chi connectivity index (χ3n) is 10.1. The van der Waals surface area contributed by atoms with Crippen LogP contribution in [-0.2, 0) is 22.4 Å². The molecule has 6 rings (SSSR count). The minimum Gasteiger partial charge on any atom is -0.436 e. The zero-order valence-electron chi connectivity index (χ0n) is 26.4. The smallest absolute Gasteiger partial charge is 0.410 e. The second-order valence-corrected chi connectivity index (χ2v) is 13.0. The van der Waals surface area contributed by atoms with Crippen LogP contribution in [0.2, 0.25) is 0 Å². The number of piperazine rings is 1. The van der Waals surface area contributed by atoms with Crippen LogP contribution in [0.4, 0.5) is 21.0 Å². The summed E-state index contributed by atoms with van der Waals surface area (Å²) >= 11 is 0. The number of ether oxygens (including phenoxy) is 1. The number of anilines is 2. The van der Waals surface area contributed by atoms with E-state index in [4.69, 9.17) is 10.5 Å². The van der Waals surface area contributed by atoms with Crippen LogP contribution in [-0.4, -0.2) is 127 Å². The Morgan fingerprint density at radius 1 is 0.844 bits per heavy atom. The number of hydrogen-bond acceptors (Lipinski definition) is 7. The number of nitrogen functional groups attached to an aromatic ring is 1. The van der Waals surface area contributed by atoms with Gasteiger partial charge in [0.2, 0.25) is 0 Å². The molecular formula is C34H47N7O4. The third kappa shape index (κ3) is 7.53. The molecule has 3 N–H and O–H groups in total. The summed E-state index contributed by atoms with van der Waals surface area (Å²) in [6.45, 7) is 6.75. The van der Waals surface area contributed by atoms with Crippen LogP contribution in [0.1, 0.15) is 36.8 Å². The molecule has 3 saturated heterocycles. The number of hydrogen-bond donors (Lipinski definition) is 2. The number of benzene rings is 2. The molecule has 4 heterocycles. The van der Waals surface area contributed by atoms with Gasteiger partial charge in [0.05, 0.1) is 0 Å². The van der Waals surface area contributed by atoms with Crippen molar-refractivity contribution in [3.05, 3.63) is 59.7 Å². The number of para-hydroxylation sites is 1. The number of piperidine rings is 2. The lowest BCUT2D eigenvalue weighted by Crippen LogP contribution is -2.56. The van der Waals surface area contributed by atoms with Gasteiger partial charge in [-0.3, -0.25) is 9.69 Å². The van der Waals surface area contributed by atoms with Gasteiger partial charge in [-0.25, -0.2) is 9.59 Å². The molecule has 11 nitrogen and oxygen atoms in total. The van der Waals surface area contributed by atoms with Gasteiger partial charge in [-0.2, -0.15) is 0 Å². The Hall–Kier alpha value is -3.83. The molecule has 4 aliphatic rings. The summed E-state index contributed by atoms with van der Waals surface area (Å²) in [5, 5.41) is 3.05. The molecule has 45 heavy (non-hydrogen) atoms. The van der Waals surface area contributed by atoms with Crippen molar-refractivity contribution in [3.8, 4) is 0 Å². The summed E-state index contributed by atoms with van der Waals surface area (Å²) in [6, 6.07) is 15.8. The first-order valence-electron chi connectivity index (χ1n) is 16.5. The largest absolute Gasteiger partial charge is 0.436 e. The zero-order valence-corrected chi connectivity index (χ0v) is 26.4. The highest BCUT2D eigenvalue weighted by Gasteiger charge is 2.36. The van der Waals surface area contributed by atoms with Crippen molar-refractivity contribution >= 4 is 29.4 Å². The molecule has 0 unspecified atom stereocenters. The highest BCUT2D eigenvalue weighted by atomic mass is 16.6. The fraction of sp³-hybridized carbons (Fsp3) is 0.559. The number of nitrogens with one attached hydrogen (secondary N) is 1. The summed E-state index contributed by atoms with van der Waals surface area (Å²) in [6.07, 6.45) is 3.35. The van der Waals surface area contributed by atoms with Crippen molar-refractivity contribution < 1.29 is 19.1 Å². The first-order valence-corrected chi connectivity index (χ1v) is 16.5. The van der Waals surface area contributed by atoms with Gasteiger partial charge in [0.1, 0.15) is 0 Å². The lowest BCUT2D eigenvalue weighted by molar-refractivity contribution is -0.143. The Bertz CT molecular complexity index is 1330. The van der Waals surface area contributed by atoms with Gasteiger partial charge in [-0.1, -0.05) is 30.3 Å². The molecule has 242 valence electrons. The van der Waals surface area contributed by atoms with Gasteiger partial charge in [0.25, 0.3) is 5.91 Å². The lowest BCUT2D eigenvalue weighted by Gasteiger charge is -2.42. The average molecular weight is 618 g/mol. The highest BCUT2D eigenvalue weighted by molar-refractivity contribution is 5.91. The van der Waals surface area contributed by atoms with Crippen molar-refractivity contribution in [2.75, 3.05) is 77.0 Å². The molecule has 1 atom stereocenters. The van der Waals surface area contributed by atoms with E-state index in [0.717, 1.165) is 62.3 Å². The monoisotopic (exact) mass is 617 g/mol. The van der Waals surface area contributed by atoms with Crippen molar-refractivity contribution in [2.24, 2.45) is 0 Å². The molecule has 0 saturated carbocycles. The molecule has 3 fully saturated rings. The summed E-state index contributed by atoms with van der Waals surface area (Å²) < 4.78 is 6.01. The first kappa shape index (κ1) is 31.2. The molecule has 0 aromatic heterocycles. The van der Waals surface area contributed by atoms with Gasteiger partial charge in [0.15, 0.2) is 6.10 Å². The maximum Gasteiger partial charge on any atom is 0.410 e. The Morgan fingerprint density at radius 2 is 1.51 bits per heavy atom. The number of nitrogens with two attached hydrogens (primary N) is 1. The molecule has 0 aliphatic carbocycles. The zero-order chi connectivity index (χ0) is 31.3. The summed E-state index contributed by atoms with van der Waals surface area (Å²) in [7, 11) is 2.17. The van der Waals surface area contributed by atoms with E-state index in [1.54, 1.807) is 17.0 Å². The number of rotatable bonds is 6. The van der Waals surface area contributed by atoms with Crippen molar-refractivity contribution in [3.63, 3.8) is 0 Å². The van der Waals surface area contributed by atoms with E-state index < -0.39 is 12.2 Å². The van der Waals surface area contributed by atoms with E-state index in [1.165, 1.54) is 0 Å². The molecule has 4 amide bonds. The van der Waals surface area contributed by atoms with E-state index >= 15 is 0 Å². The minimum absolute atomic E-state index is 0.0384. The van der Waals surface area contributed by atoms with Crippen LogP contribution in [0.25, 0.3) is 0 Å². The number of carbonyl (C=O) groups excluding carboxylic acids is 3. The van der Waals surface area contributed by atoms with Crippen molar-refractivity contribution in [1.29, 1.82) is 0 Å². The maximum atomic E-state index is 13.9. The molecule has 0 bridgehead atoms. The minimum atomic E-state index is -0.913. The Labute approximate surface area is 266 Å². The van der Waals surface area contributed by atoms with Gasteiger partial charge >= 0.3 is 12.1 Å². The Morgan fingerprint density at radius 3 is 2.22 bits per heavy atom. The van der Waals surface area contributed by atoms with Crippen LogP contribution in [0.5, 0.6) is 0 Å². The van der Waals surface area contributed by atoms with E-state index in [2.05, 4.69) is 28.2 Å². The quantitative estimate of drug-likeness (QED) is 0.479. The molecule has 2 aromatic carbocycles. The molecule has 2 aromatic rings. The number of nitrogens with zero attached hydrogens (tertiary/aromatic N) is 5. The third-order valence-corrected chi connectivity index (χ3v) is 10.1. The van der Waals surface area contributed by atoms with Crippen molar-refractivity contribution in [1.82, 2.24) is 24.5 Å². The lowest BCUT2D eigenvalue weighted by atomic mass is 10.0. The number of carbonyl (C=O) groups is 3. The number of urea groups is 1. The van der Waals surface area contributed by atoms with Gasteiger partial charge in [-0.05, 0) is 81.6 Å². The van der Waals surface area contributed by atoms with Gasteiger partial charge in [-0.15, -0.1) is 0 Å². The first-order chi connectivity index (χ1) is 21.8. The van der Waals surface area contributed by atoms with Gasteiger partial charge < -0.3 is 35.4 Å². The Kier molecular flexibility index (Phi) is 9.75. The van der Waals surface area contributed by atoms with Gasteiger partial charge in [0, 0.05) is 75.7 Å². The van der Waals surface area contributed by atoms with Crippen molar-refractivity contribution in [2.45, 2.75) is 56.7 Å². The van der Waals surface area contributed by atoms with E-state index in [0.29, 0.717) is 63.7 Å². The number of fused-ring (bicyclic) bond motifs is 1. The number of amides is 4. The second kappa shape index (κ2) is 14.1. The predicted octanol–water partition coefficient (Wildman–Crippen LogP) is 3.11. The molecule has 11 heteroatoms. The Balaban J connectivity index is 1.05. The van der Waals surface area contributed by atoms with Crippen LogP contribution in [0, 0.1) is 0 Å². The fourth-order valence-corrected chi connectivity index (χ4v) is 7.21. The highest BCUT2D eigenvalue weighted by Crippen LogP contribution is 2.25. The molecule has 0 spiro atoms. The summed E-state index contributed by atoms with van der Waals surface area (Å²) in [5.41, 5.74) is 9.44. The fourth-order valence-electron chi connectivity index (χ4n) is 7.21. The van der Waals surface area contributed by atoms with E-state index in [-0.39, 0.29) is 18.0 Å². The summed E-state index contributed by atoms with van der Waals surface area (Å²) in [4.78, 5) is 50.7. The maximum absolute atomic E-state index is 13.9. The van der Waals surface area contributed by atoms with E-state index in [1.807, 2.05) is 40.1 Å². The van der Waals surface area contributed by atoms with E-state index in [9.17, 15) is 14.4 Å². The van der Waals surface area contributed by atoms with Crippen LogP contribution >= 0.6 is 0 Å². The molecule has 0 radical (unpaired) electrons. The summed E-state index contributed by atoms with van der Waals surface area (Å²) in [5.74, 6) is -0.140. The predicted molar refractivity (Wildman–Crippen MR) is 174 cm³/mol. The normalized spacial score (nSPS) is 21.5. The topological polar surface area (TPSA) is 115 Å². The number of likely N-dealkylation sites (tertiary alicyclic amines) is 2. The van der Waals surface area contributed by atoms with Crippen LogP contribution in [0.3, 0.4) is 0 Å². The standard InChI is InChI=1S/C34H47N7O4/c1-37-15-11-28(12-16-37)38-20-22-39(23-21-38)32(42)31(24-25-6-8-27(35)9-7-25)45-34(44)40-17-13-29(14-18-40)41-19-10-26-4-2-3-5-30(26)36-33(41)43/h2-9,28-29,31H,10-24,35H2,1H3,(H,36,43)/t31-/m1/s1. The van der Waals surface area contributed by atoms with Crippen LogP contribution in [0.15, 0.2) is 48.5 Å².